The average molecular weight is 196 g/mol. The largest absolute Gasteiger partial charge is 0.309 e. The zero-order chi connectivity index (χ0) is 10.1. The van der Waals surface area contributed by atoms with Crippen LogP contribution in [0.15, 0.2) is 42.6 Å². The Morgan fingerprint density at radius 3 is 2.80 bits per heavy atom. The molecule has 0 spiro atoms. The van der Waals surface area contributed by atoms with Crippen molar-refractivity contribution in [2.75, 3.05) is 0 Å². The summed E-state index contributed by atoms with van der Waals surface area (Å²) in [4.78, 5) is 4.35. The fourth-order valence-electron chi connectivity index (χ4n) is 1.99. The third kappa shape index (κ3) is 1.53. The molecular formula is C13H12N2. The molecule has 0 saturated heterocycles. The van der Waals surface area contributed by atoms with Crippen molar-refractivity contribution in [2.45, 2.75) is 13.1 Å². The quantitative estimate of drug-likeness (QED) is 0.757. The minimum absolute atomic E-state index is 0.982. The molecule has 1 aromatic heterocycles. The Balaban J connectivity index is 2.07. The smallest absolute Gasteiger partial charge is 0.0702 e. The lowest BCUT2D eigenvalue weighted by atomic mass is 10.0. The Morgan fingerprint density at radius 1 is 1.00 bits per heavy atom. The number of rotatable bonds is 1. The summed E-state index contributed by atoms with van der Waals surface area (Å²) in [6, 6.07) is 12.6. The number of pyridine rings is 1. The highest BCUT2D eigenvalue weighted by Crippen LogP contribution is 2.23. The first-order chi connectivity index (χ1) is 7.43. The van der Waals surface area contributed by atoms with Crippen LogP contribution < -0.4 is 5.32 Å². The minimum atomic E-state index is 0.982. The van der Waals surface area contributed by atoms with E-state index in [4.69, 9.17) is 0 Å². The van der Waals surface area contributed by atoms with Gasteiger partial charge in [-0.1, -0.05) is 18.2 Å². The summed E-state index contributed by atoms with van der Waals surface area (Å²) in [7, 11) is 0. The molecule has 0 amide bonds. The van der Waals surface area contributed by atoms with E-state index in [1.165, 1.54) is 16.7 Å². The van der Waals surface area contributed by atoms with Crippen LogP contribution in [0.5, 0.6) is 0 Å². The maximum Gasteiger partial charge on any atom is 0.0702 e. The zero-order valence-electron chi connectivity index (χ0n) is 8.40. The Bertz CT molecular complexity index is 477. The zero-order valence-corrected chi connectivity index (χ0v) is 8.40. The van der Waals surface area contributed by atoms with Crippen molar-refractivity contribution in [3.05, 3.63) is 53.7 Å². The number of nitrogens with one attached hydrogen (secondary N) is 1. The molecule has 1 N–H and O–H groups in total. The van der Waals surface area contributed by atoms with Gasteiger partial charge in [-0.05, 0) is 29.3 Å². The molecular weight excluding hydrogens is 184 g/mol. The third-order valence-electron chi connectivity index (χ3n) is 2.80. The molecule has 1 aliphatic heterocycles. The van der Waals surface area contributed by atoms with Gasteiger partial charge in [-0.2, -0.15) is 0 Å². The lowest BCUT2D eigenvalue weighted by Crippen LogP contribution is -1.99. The highest BCUT2D eigenvalue weighted by atomic mass is 14.9. The lowest BCUT2D eigenvalue weighted by molar-refractivity contribution is 0.765. The molecule has 2 heteroatoms. The second kappa shape index (κ2) is 3.48. The Labute approximate surface area is 89.0 Å². The van der Waals surface area contributed by atoms with Crippen LogP contribution in [-0.4, -0.2) is 4.98 Å². The molecule has 0 atom stereocenters. The standard InChI is InChI=1S/C13H12N2/c1-2-6-15-13(3-1)10-4-5-11-8-14-9-12(11)7-10/h1-7,14H,8-9H2. The van der Waals surface area contributed by atoms with Crippen LogP contribution in [0.2, 0.25) is 0 Å². The van der Waals surface area contributed by atoms with Gasteiger partial charge in [0.05, 0.1) is 5.69 Å². The summed E-state index contributed by atoms with van der Waals surface area (Å²) in [5.41, 5.74) is 5.07. The van der Waals surface area contributed by atoms with E-state index >= 15 is 0 Å². The van der Waals surface area contributed by atoms with Crippen LogP contribution in [0.4, 0.5) is 0 Å². The summed E-state index contributed by atoms with van der Waals surface area (Å²) < 4.78 is 0. The Kier molecular flexibility index (Phi) is 2.00. The molecule has 3 rings (SSSR count). The topological polar surface area (TPSA) is 24.9 Å². The van der Waals surface area contributed by atoms with E-state index in [1.54, 1.807) is 0 Å². The van der Waals surface area contributed by atoms with E-state index in [0.29, 0.717) is 0 Å². The fraction of sp³-hybridized carbons (Fsp3) is 0.154. The number of fused-ring (bicyclic) bond motifs is 1. The Morgan fingerprint density at radius 2 is 1.93 bits per heavy atom. The molecule has 2 heterocycles. The molecule has 1 aliphatic rings. The molecule has 74 valence electrons. The predicted molar refractivity (Wildman–Crippen MR) is 60.2 cm³/mol. The van der Waals surface area contributed by atoms with Crippen molar-refractivity contribution in [2.24, 2.45) is 0 Å². The van der Waals surface area contributed by atoms with E-state index in [0.717, 1.165) is 18.8 Å². The lowest BCUT2D eigenvalue weighted by Gasteiger charge is -2.03. The van der Waals surface area contributed by atoms with Crippen LogP contribution in [0.25, 0.3) is 11.3 Å². The number of nitrogens with zero attached hydrogens (tertiary/aromatic N) is 1. The van der Waals surface area contributed by atoms with Crippen molar-refractivity contribution < 1.29 is 0 Å². The molecule has 0 aliphatic carbocycles. The van der Waals surface area contributed by atoms with Gasteiger partial charge in [0.1, 0.15) is 0 Å². The highest BCUT2D eigenvalue weighted by Gasteiger charge is 2.10. The van der Waals surface area contributed by atoms with Crippen molar-refractivity contribution in [3.63, 3.8) is 0 Å². The molecule has 0 bridgehead atoms. The fourth-order valence-corrected chi connectivity index (χ4v) is 1.99. The second-order valence-electron chi connectivity index (χ2n) is 3.80. The van der Waals surface area contributed by atoms with E-state index < -0.39 is 0 Å². The maximum atomic E-state index is 4.35. The first-order valence-electron chi connectivity index (χ1n) is 5.17. The number of hydrogen-bond acceptors (Lipinski definition) is 2. The van der Waals surface area contributed by atoms with E-state index in [2.05, 4.69) is 28.5 Å². The number of aromatic nitrogens is 1. The summed E-state index contributed by atoms with van der Waals surface area (Å²) in [5.74, 6) is 0. The van der Waals surface area contributed by atoms with Crippen molar-refractivity contribution in [1.82, 2.24) is 10.3 Å². The summed E-state index contributed by atoms with van der Waals surface area (Å²) >= 11 is 0. The van der Waals surface area contributed by atoms with Crippen LogP contribution in [0.1, 0.15) is 11.1 Å². The molecule has 0 unspecified atom stereocenters. The van der Waals surface area contributed by atoms with Gasteiger partial charge in [0.15, 0.2) is 0 Å². The maximum absolute atomic E-state index is 4.35. The van der Waals surface area contributed by atoms with E-state index in [9.17, 15) is 0 Å². The first-order valence-corrected chi connectivity index (χ1v) is 5.17. The van der Waals surface area contributed by atoms with Gasteiger partial charge < -0.3 is 5.32 Å². The molecule has 2 nitrogen and oxygen atoms in total. The molecule has 2 aromatic rings. The normalized spacial score (nSPS) is 13.9. The van der Waals surface area contributed by atoms with Crippen LogP contribution in [0.3, 0.4) is 0 Å². The molecule has 0 saturated carbocycles. The van der Waals surface area contributed by atoms with Crippen molar-refractivity contribution in [1.29, 1.82) is 0 Å². The summed E-state index contributed by atoms with van der Waals surface area (Å²) in [6.07, 6.45) is 1.83. The van der Waals surface area contributed by atoms with Crippen LogP contribution in [0, 0.1) is 0 Å². The van der Waals surface area contributed by atoms with Gasteiger partial charge in [-0.25, -0.2) is 0 Å². The Hall–Kier alpha value is -1.67. The van der Waals surface area contributed by atoms with Crippen molar-refractivity contribution in [3.8, 4) is 11.3 Å². The van der Waals surface area contributed by atoms with Gasteiger partial charge in [-0.15, -0.1) is 0 Å². The molecule has 15 heavy (non-hydrogen) atoms. The first kappa shape index (κ1) is 8.62. The second-order valence-corrected chi connectivity index (χ2v) is 3.80. The van der Waals surface area contributed by atoms with Gasteiger partial charge in [0.25, 0.3) is 0 Å². The van der Waals surface area contributed by atoms with Gasteiger partial charge in [0, 0.05) is 24.8 Å². The van der Waals surface area contributed by atoms with Gasteiger partial charge in [0.2, 0.25) is 0 Å². The van der Waals surface area contributed by atoms with Gasteiger partial charge in [-0.3, -0.25) is 4.98 Å². The molecule has 0 radical (unpaired) electrons. The summed E-state index contributed by atoms with van der Waals surface area (Å²) in [6.45, 7) is 1.98. The van der Waals surface area contributed by atoms with Crippen LogP contribution in [-0.2, 0) is 13.1 Å². The van der Waals surface area contributed by atoms with E-state index in [-0.39, 0.29) is 0 Å². The third-order valence-corrected chi connectivity index (χ3v) is 2.80. The SMILES string of the molecule is c1ccc(-c2ccc3c(c2)CNC3)nc1. The molecule has 0 fully saturated rings. The monoisotopic (exact) mass is 196 g/mol. The van der Waals surface area contributed by atoms with Crippen molar-refractivity contribution >= 4 is 0 Å². The highest BCUT2D eigenvalue weighted by molar-refractivity contribution is 5.61. The van der Waals surface area contributed by atoms with Gasteiger partial charge >= 0.3 is 0 Å². The minimum Gasteiger partial charge on any atom is -0.309 e. The number of benzene rings is 1. The predicted octanol–water partition coefficient (Wildman–Crippen LogP) is 2.35. The van der Waals surface area contributed by atoms with E-state index in [1.807, 2.05) is 24.4 Å². The summed E-state index contributed by atoms with van der Waals surface area (Å²) in [5, 5.41) is 3.35. The van der Waals surface area contributed by atoms with Crippen LogP contribution >= 0.6 is 0 Å². The number of hydrogen-bond donors (Lipinski definition) is 1. The molecule has 1 aromatic carbocycles. The average Bonchev–Trinajstić information content (AvgIpc) is 2.77.